The van der Waals surface area contributed by atoms with Gasteiger partial charge in [0.2, 0.25) is 0 Å². The van der Waals surface area contributed by atoms with Crippen LogP contribution in [0.4, 0.5) is 22.0 Å². The summed E-state index contributed by atoms with van der Waals surface area (Å²) in [5.74, 6) is -5.02. The maximum absolute atomic E-state index is 12.5. The second kappa shape index (κ2) is 3.72. The van der Waals surface area contributed by atoms with E-state index in [1.165, 1.54) is 0 Å². The smallest absolute Gasteiger partial charge is 0.314 e. The van der Waals surface area contributed by atoms with Gasteiger partial charge in [0.05, 0.1) is 6.42 Å². The lowest BCUT2D eigenvalue weighted by Gasteiger charge is -2.18. The van der Waals surface area contributed by atoms with Gasteiger partial charge in [0.15, 0.2) is 0 Å². The van der Waals surface area contributed by atoms with Crippen molar-refractivity contribution in [3.8, 4) is 0 Å². The Morgan fingerprint density at radius 3 is 2.12 bits per heavy atom. The van der Waals surface area contributed by atoms with Gasteiger partial charge in [-0.25, -0.2) is 4.79 Å². The number of rotatable bonds is 2. The Hall–Kier alpha value is -1.67. The zero-order valence-electron chi connectivity index (χ0n) is 7.49. The topological polar surface area (TPSA) is 65.7 Å². The highest BCUT2D eigenvalue weighted by molar-refractivity contribution is 5.07. The molecule has 0 aliphatic carbocycles. The van der Waals surface area contributed by atoms with Crippen molar-refractivity contribution in [3.05, 3.63) is 32.6 Å². The third kappa shape index (κ3) is 2.47. The maximum atomic E-state index is 12.5. The molecule has 0 spiro atoms. The molecule has 0 radical (unpaired) electrons. The fourth-order valence-corrected chi connectivity index (χ4v) is 0.908. The van der Waals surface area contributed by atoms with Crippen LogP contribution >= 0.6 is 0 Å². The van der Waals surface area contributed by atoms with E-state index in [1.807, 2.05) is 0 Å². The van der Waals surface area contributed by atoms with Crippen LogP contribution in [0.1, 0.15) is 5.56 Å². The normalized spacial score (nSPS) is 12.8. The van der Waals surface area contributed by atoms with Crippen molar-refractivity contribution in [2.24, 2.45) is 0 Å². The number of aromatic amines is 2. The molecule has 1 aromatic rings. The van der Waals surface area contributed by atoms with E-state index in [4.69, 9.17) is 0 Å². The van der Waals surface area contributed by atoms with Crippen molar-refractivity contribution in [2.75, 3.05) is 0 Å². The molecule has 0 saturated carbocycles. The first-order chi connectivity index (χ1) is 7.13. The molecule has 0 fully saturated rings. The molecule has 0 saturated heterocycles. The molecule has 0 bridgehead atoms. The van der Waals surface area contributed by atoms with Gasteiger partial charge in [-0.2, -0.15) is 22.0 Å². The molecule has 9 heteroatoms. The van der Waals surface area contributed by atoms with Crippen LogP contribution in [0, 0.1) is 0 Å². The van der Waals surface area contributed by atoms with Crippen LogP contribution in [0.15, 0.2) is 15.8 Å². The standard InChI is InChI=1S/C7H5F5N2O2/c8-6(9,7(10,11)12)1-3-2-13-5(16)14-4(3)15/h2H,1H2,(H2,13,14,15,16). The molecule has 0 aromatic carbocycles. The number of alkyl halides is 5. The van der Waals surface area contributed by atoms with E-state index in [9.17, 15) is 31.5 Å². The highest BCUT2D eigenvalue weighted by Gasteiger charge is 2.57. The molecule has 1 aromatic heterocycles. The third-order valence-electron chi connectivity index (χ3n) is 1.72. The molecule has 2 N–H and O–H groups in total. The fourth-order valence-electron chi connectivity index (χ4n) is 0.908. The summed E-state index contributed by atoms with van der Waals surface area (Å²) in [7, 11) is 0. The predicted molar refractivity (Wildman–Crippen MR) is 42.4 cm³/mol. The van der Waals surface area contributed by atoms with E-state index in [0.717, 1.165) is 0 Å². The summed E-state index contributed by atoms with van der Waals surface area (Å²) in [6.45, 7) is 0. The number of halogens is 5. The summed E-state index contributed by atoms with van der Waals surface area (Å²) >= 11 is 0. The van der Waals surface area contributed by atoms with Crippen molar-refractivity contribution < 1.29 is 22.0 Å². The number of aromatic nitrogens is 2. The average molecular weight is 244 g/mol. The van der Waals surface area contributed by atoms with Gasteiger partial charge in [0.1, 0.15) is 0 Å². The van der Waals surface area contributed by atoms with Gasteiger partial charge in [-0.05, 0) is 0 Å². The fraction of sp³-hybridized carbons (Fsp3) is 0.429. The van der Waals surface area contributed by atoms with E-state index < -0.39 is 35.3 Å². The summed E-state index contributed by atoms with van der Waals surface area (Å²) in [4.78, 5) is 24.7. The zero-order chi connectivity index (χ0) is 12.6. The average Bonchev–Trinajstić information content (AvgIpc) is 2.08. The summed E-state index contributed by atoms with van der Waals surface area (Å²) in [6.07, 6.45) is -7.03. The highest BCUT2D eigenvalue weighted by atomic mass is 19.4. The molecule has 90 valence electrons. The molecular weight excluding hydrogens is 239 g/mol. The van der Waals surface area contributed by atoms with Crippen LogP contribution in [0.2, 0.25) is 0 Å². The van der Waals surface area contributed by atoms with E-state index in [-0.39, 0.29) is 0 Å². The Balaban J connectivity index is 3.06. The largest absolute Gasteiger partial charge is 0.453 e. The monoisotopic (exact) mass is 244 g/mol. The third-order valence-corrected chi connectivity index (χ3v) is 1.72. The summed E-state index contributed by atoms with van der Waals surface area (Å²) in [5.41, 5.74) is -3.10. The predicted octanol–water partition coefficient (Wildman–Crippen LogP) is 0.803. The molecular formula is C7H5F5N2O2. The lowest BCUT2D eigenvalue weighted by atomic mass is 10.1. The Labute approximate surface area is 84.1 Å². The Morgan fingerprint density at radius 2 is 1.69 bits per heavy atom. The minimum absolute atomic E-state index is 0.529. The van der Waals surface area contributed by atoms with Gasteiger partial charge < -0.3 is 4.98 Å². The SMILES string of the molecule is O=c1[nH]cc(CC(F)(F)C(F)(F)F)c(=O)[nH]1. The Morgan fingerprint density at radius 1 is 1.12 bits per heavy atom. The van der Waals surface area contributed by atoms with Crippen molar-refractivity contribution in [1.29, 1.82) is 0 Å². The number of hydrogen-bond donors (Lipinski definition) is 2. The first kappa shape index (κ1) is 12.4. The summed E-state index contributed by atoms with van der Waals surface area (Å²) < 4.78 is 60.4. The molecule has 0 unspecified atom stereocenters. The van der Waals surface area contributed by atoms with Crippen LogP contribution < -0.4 is 11.2 Å². The molecule has 0 aliphatic rings. The van der Waals surface area contributed by atoms with Gasteiger partial charge in [-0.1, -0.05) is 0 Å². The summed E-state index contributed by atoms with van der Waals surface area (Å²) in [6, 6.07) is 0. The van der Waals surface area contributed by atoms with E-state index >= 15 is 0 Å². The zero-order valence-corrected chi connectivity index (χ0v) is 7.49. The highest BCUT2D eigenvalue weighted by Crippen LogP contribution is 2.37. The van der Waals surface area contributed by atoms with Crippen molar-refractivity contribution >= 4 is 0 Å². The lowest BCUT2D eigenvalue weighted by molar-refractivity contribution is -0.281. The van der Waals surface area contributed by atoms with E-state index in [1.54, 1.807) is 9.97 Å². The molecule has 0 aliphatic heterocycles. The molecule has 4 nitrogen and oxygen atoms in total. The van der Waals surface area contributed by atoms with Gasteiger partial charge in [0.25, 0.3) is 5.56 Å². The molecule has 0 amide bonds. The van der Waals surface area contributed by atoms with E-state index in [0.29, 0.717) is 6.20 Å². The molecule has 1 heterocycles. The minimum Gasteiger partial charge on any atom is -0.314 e. The first-order valence-electron chi connectivity index (χ1n) is 3.89. The van der Waals surface area contributed by atoms with Gasteiger partial charge in [-0.3, -0.25) is 9.78 Å². The summed E-state index contributed by atoms with van der Waals surface area (Å²) in [5, 5.41) is 0. The second-order valence-electron chi connectivity index (χ2n) is 2.98. The van der Waals surface area contributed by atoms with Crippen LogP contribution in [0.5, 0.6) is 0 Å². The quantitative estimate of drug-likeness (QED) is 0.756. The van der Waals surface area contributed by atoms with Crippen molar-refractivity contribution in [2.45, 2.75) is 18.5 Å². The lowest BCUT2D eigenvalue weighted by Crippen LogP contribution is -2.40. The number of nitrogens with one attached hydrogen (secondary N) is 2. The Kier molecular flexibility index (Phi) is 2.89. The van der Waals surface area contributed by atoms with Gasteiger partial charge >= 0.3 is 17.8 Å². The molecule has 0 atom stereocenters. The first-order valence-corrected chi connectivity index (χ1v) is 3.89. The van der Waals surface area contributed by atoms with Gasteiger partial charge in [0, 0.05) is 11.8 Å². The van der Waals surface area contributed by atoms with Crippen molar-refractivity contribution in [1.82, 2.24) is 9.97 Å². The van der Waals surface area contributed by atoms with Crippen LogP contribution in [0.3, 0.4) is 0 Å². The van der Waals surface area contributed by atoms with Crippen LogP contribution in [0.25, 0.3) is 0 Å². The second-order valence-corrected chi connectivity index (χ2v) is 2.98. The number of H-pyrrole nitrogens is 2. The van der Waals surface area contributed by atoms with E-state index in [2.05, 4.69) is 0 Å². The molecule has 1 rings (SSSR count). The molecule has 16 heavy (non-hydrogen) atoms. The van der Waals surface area contributed by atoms with Crippen LogP contribution in [-0.2, 0) is 6.42 Å². The minimum atomic E-state index is -5.74. The van der Waals surface area contributed by atoms with Gasteiger partial charge in [-0.15, -0.1) is 0 Å². The Bertz CT molecular complexity index is 487. The maximum Gasteiger partial charge on any atom is 0.453 e. The van der Waals surface area contributed by atoms with Crippen LogP contribution in [-0.4, -0.2) is 22.1 Å². The van der Waals surface area contributed by atoms with Crippen molar-refractivity contribution in [3.63, 3.8) is 0 Å². The number of hydrogen-bond acceptors (Lipinski definition) is 2.